The summed E-state index contributed by atoms with van der Waals surface area (Å²) < 4.78 is 40.2. The van der Waals surface area contributed by atoms with E-state index in [4.69, 9.17) is 0 Å². The first-order chi connectivity index (χ1) is 14.3. The van der Waals surface area contributed by atoms with E-state index in [2.05, 4.69) is 10.1 Å². The van der Waals surface area contributed by atoms with Crippen LogP contribution in [0.2, 0.25) is 0 Å². The van der Waals surface area contributed by atoms with Gasteiger partial charge in [-0.2, -0.15) is 5.10 Å². The molecule has 4 aromatic rings. The number of amides is 1. The van der Waals surface area contributed by atoms with Gasteiger partial charge in [-0.15, -0.1) is 0 Å². The van der Waals surface area contributed by atoms with Crippen molar-refractivity contribution in [3.63, 3.8) is 0 Å². The zero-order valence-corrected chi connectivity index (χ0v) is 17.5. The second-order valence-electron chi connectivity index (χ2n) is 6.61. The zero-order chi connectivity index (χ0) is 21.3. The summed E-state index contributed by atoms with van der Waals surface area (Å²) in [6.07, 6.45) is 4.49. The molecule has 0 fully saturated rings. The summed E-state index contributed by atoms with van der Waals surface area (Å²) in [6, 6.07) is 12.3. The predicted molar refractivity (Wildman–Crippen MR) is 113 cm³/mol. The van der Waals surface area contributed by atoms with Gasteiger partial charge in [0.2, 0.25) is 0 Å². The van der Waals surface area contributed by atoms with E-state index in [1.807, 2.05) is 0 Å². The third-order valence-corrected chi connectivity index (χ3v) is 6.61. The standard InChI is InChI=1S/C20H17FN4O3S2/c1-30(27,28)15-6-2-5-14(13-15)19(26)25(12-11-24-10-4-9-22-24)20-23-18-16(21)7-3-8-17(18)29-20/h2-10,13H,11-12H2,1H3. The molecule has 2 heterocycles. The summed E-state index contributed by atoms with van der Waals surface area (Å²) in [5.41, 5.74) is 0.400. The van der Waals surface area contributed by atoms with Gasteiger partial charge in [-0.25, -0.2) is 17.8 Å². The molecule has 0 aliphatic carbocycles. The van der Waals surface area contributed by atoms with Crippen molar-refractivity contribution in [2.24, 2.45) is 0 Å². The van der Waals surface area contributed by atoms with Gasteiger partial charge in [0.25, 0.3) is 5.91 Å². The number of hydrogen-bond donors (Lipinski definition) is 0. The number of rotatable bonds is 6. The van der Waals surface area contributed by atoms with E-state index in [9.17, 15) is 17.6 Å². The van der Waals surface area contributed by atoms with Crippen molar-refractivity contribution in [3.05, 3.63) is 72.3 Å². The Morgan fingerprint density at radius 1 is 1.20 bits per heavy atom. The molecule has 0 bridgehead atoms. The molecule has 0 saturated heterocycles. The normalized spacial score (nSPS) is 11.7. The van der Waals surface area contributed by atoms with Crippen molar-refractivity contribution in [1.82, 2.24) is 14.8 Å². The Morgan fingerprint density at radius 2 is 2.00 bits per heavy atom. The summed E-state index contributed by atoms with van der Waals surface area (Å²) in [6.45, 7) is 0.619. The molecule has 10 heteroatoms. The van der Waals surface area contributed by atoms with E-state index in [1.54, 1.807) is 41.3 Å². The Labute approximate surface area is 176 Å². The Balaban J connectivity index is 1.74. The average molecular weight is 445 g/mol. The van der Waals surface area contributed by atoms with Gasteiger partial charge >= 0.3 is 0 Å². The van der Waals surface area contributed by atoms with E-state index in [0.29, 0.717) is 16.4 Å². The number of anilines is 1. The molecule has 2 aromatic heterocycles. The number of hydrogen-bond acceptors (Lipinski definition) is 6. The fourth-order valence-electron chi connectivity index (χ4n) is 2.95. The largest absolute Gasteiger partial charge is 0.282 e. The second-order valence-corrected chi connectivity index (χ2v) is 9.63. The summed E-state index contributed by atoms with van der Waals surface area (Å²) in [5, 5.41) is 4.47. The van der Waals surface area contributed by atoms with Crippen LogP contribution in [-0.2, 0) is 16.4 Å². The summed E-state index contributed by atoms with van der Waals surface area (Å²) >= 11 is 1.20. The molecule has 154 valence electrons. The maximum Gasteiger partial charge on any atom is 0.260 e. The highest BCUT2D eigenvalue weighted by molar-refractivity contribution is 7.90. The number of benzene rings is 2. The molecule has 0 radical (unpaired) electrons. The van der Waals surface area contributed by atoms with Crippen LogP contribution in [0.5, 0.6) is 0 Å². The summed E-state index contributed by atoms with van der Waals surface area (Å²) in [7, 11) is -3.47. The van der Waals surface area contributed by atoms with Gasteiger partial charge in [0.15, 0.2) is 15.0 Å². The van der Waals surface area contributed by atoms with Gasteiger partial charge in [-0.3, -0.25) is 14.4 Å². The third kappa shape index (κ3) is 4.10. The predicted octanol–water partition coefficient (Wildman–Crippen LogP) is 3.38. The van der Waals surface area contributed by atoms with Crippen LogP contribution in [0.4, 0.5) is 9.52 Å². The van der Waals surface area contributed by atoms with Crippen LogP contribution >= 0.6 is 11.3 Å². The van der Waals surface area contributed by atoms with Gasteiger partial charge < -0.3 is 0 Å². The topological polar surface area (TPSA) is 85.2 Å². The Kier molecular flexibility index (Phi) is 5.35. The highest BCUT2D eigenvalue weighted by atomic mass is 32.2. The van der Waals surface area contributed by atoms with Crippen molar-refractivity contribution in [2.75, 3.05) is 17.7 Å². The molecule has 0 spiro atoms. The monoisotopic (exact) mass is 444 g/mol. The minimum atomic E-state index is -3.47. The third-order valence-electron chi connectivity index (χ3n) is 4.46. The van der Waals surface area contributed by atoms with Crippen LogP contribution in [-0.4, -0.2) is 41.9 Å². The number of aromatic nitrogens is 3. The van der Waals surface area contributed by atoms with Crippen LogP contribution in [0.25, 0.3) is 10.2 Å². The number of carbonyl (C=O) groups is 1. The highest BCUT2D eigenvalue weighted by Crippen LogP contribution is 2.31. The lowest BCUT2D eigenvalue weighted by molar-refractivity contribution is 0.0985. The first-order valence-corrected chi connectivity index (χ1v) is 11.7. The number of fused-ring (bicyclic) bond motifs is 1. The molecule has 1 amide bonds. The Bertz CT molecular complexity index is 1320. The smallest absolute Gasteiger partial charge is 0.260 e. The van der Waals surface area contributed by atoms with E-state index in [-0.39, 0.29) is 22.5 Å². The Morgan fingerprint density at radius 3 is 2.70 bits per heavy atom. The summed E-state index contributed by atoms with van der Waals surface area (Å²) in [5.74, 6) is -0.888. The minimum Gasteiger partial charge on any atom is -0.282 e. The number of sulfone groups is 1. The molecule has 0 saturated carbocycles. The molecule has 0 aliphatic heterocycles. The van der Waals surface area contributed by atoms with E-state index in [0.717, 1.165) is 6.26 Å². The lowest BCUT2D eigenvalue weighted by Crippen LogP contribution is -2.34. The number of thiazole rings is 1. The first kappa shape index (κ1) is 20.2. The van der Waals surface area contributed by atoms with E-state index < -0.39 is 21.6 Å². The number of para-hydroxylation sites is 1. The number of nitrogens with zero attached hydrogens (tertiary/aromatic N) is 4. The maximum atomic E-state index is 14.1. The number of carbonyl (C=O) groups excluding carboxylic acids is 1. The van der Waals surface area contributed by atoms with Gasteiger partial charge in [-0.05, 0) is 36.4 Å². The van der Waals surface area contributed by atoms with E-state index in [1.165, 1.54) is 40.5 Å². The fraction of sp³-hybridized carbons (Fsp3) is 0.150. The van der Waals surface area contributed by atoms with Crippen LogP contribution in [0.1, 0.15) is 10.4 Å². The molecule has 0 aliphatic rings. The van der Waals surface area contributed by atoms with Crippen molar-refractivity contribution in [3.8, 4) is 0 Å². The quantitative estimate of drug-likeness (QED) is 0.455. The molecule has 0 unspecified atom stereocenters. The molecule has 7 nitrogen and oxygen atoms in total. The molecule has 0 N–H and O–H groups in total. The van der Waals surface area contributed by atoms with Crippen LogP contribution in [0.15, 0.2) is 65.8 Å². The lowest BCUT2D eigenvalue weighted by atomic mass is 10.2. The van der Waals surface area contributed by atoms with Gasteiger partial charge in [0.05, 0.1) is 16.1 Å². The maximum absolute atomic E-state index is 14.1. The van der Waals surface area contributed by atoms with Crippen LogP contribution in [0.3, 0.4) is 0 Å². The van der Waals surface area contributed by atoms with Crippen molar-refractivity contribution in [2.45, 2.75) is 11.4 Å². The van der Waals surface area contributed by atoms with Gasteiger partial charge in [0.1, 0.15) is 11.3 Å². The molecule has 0 atom stereocenters. The second kappa shape index (κ2) is 7.96. The van der Waals surface area contributed by atoms with Crippen LogP contribution < -0.4 is 4.90 Å². The van der Waals surface area contributed by atoms with Gasteiger partial charge in [0, 0.05) is 30.8 Å². The van der Waals surface area contributed by atoms with Gasteiger partial charge in [-0.1, -0.05) is 23.5 Å². The Hall–Kier alpha value is -3.11. The number of halogens is 1. The molecular weight excluding hydrogens is 427 g/mol. The van der Waals surface area contributed by atoms with Crippen LogP contribution in [0, 0.1) is 5.82 Å². The average Bonchev–Trinajstić information content (AvgIpc) is 3.38. The fourth-order valence-corrected chi connectivity index (χ4v) is 4.62. The van der Waals surface area contributed by atoms with Crippen molar-refractivity contribution in [1.29, 1.82) is 0 Å². The summed E-state index contributed by atoms with van der Waals surface area (Å²) in [4.78, 5) is 19.1. The van der Waals surface area contributed by atoms with Crippen molar-refractivity contribution < 1.29 is 17.6 Å². The highest BCUT2D eigenvalue weighted by Gasteiger charge is 2.23. The molecule has 2 aromatic carbocycles. The zero-order valence-electron chi connectivity index (χ0n) is 15.9. The van der Waals surface area contributed by atoms with Crippen molar-refractivity contribution >= 4 is 42.4 Å². The SMILES string of the molecule is CS(=O)(=O)c1cccc(C(=O)N(CCn2cccn2)c2nc3c(F)cccc3s2)c1. The molecular formula is C20H17FN4O3S2. The van der Waals surface area contributed by atoms with E-state index >= 15 is 0 Å². The lowest BCUT2D eigenvalue weighted by Gasteiger charge is -2.20. The minimum absolute atomic E-state index is 0.0516. The molecule has 4 rings (SSSR count). The first-order valence-electron chi connectivity index (χ1n) is 8.97. The molecule has 30 heavy (non-hydrogen) atoms.